The van der Waals surface area contributed by atoms with Crippen molar-refractivity contribution in [3.05, 3.63) is 78.4 Å². The van der Waals surface area contributed by atoms with E-state index in [1.165, 1.54) is 0 Å². The fourth-order valence-electron chi connectivity index (χ4n) is 2.21. The summed E-state index contributed by atoms with van der Waals surface area (Å²) in [5.74, 6) is -2.31. The molecule has 0 atom stereocenters. The molecule has 8 heteroatoms. The standard InChI is InChI=1S/C16H13F2N3O2S/c17-14-6-5-13(9-15(14)18)24(22,23)20-10-12-3-1-2-4-16(12)21-8-7-19-11-21/h1-9,11,20H,10H2. The number of nitrogens with one attached hydrogen (secondary N) is 1. The van der Waals surface area contributed by atoms with Gasteiger partial charge in [-0.1, -0.05) is 18.2 Å². The normalized spacial score (nSPS) is 11.6. The van der Waals surface area contributed by atoms with Crippen molar-refractivity contribution < 1.29 is 17.2 Å². The second-order valence-electron chi connectivity index (χ2n) is 5.00. The van der Waals surface area contributed by atoms with E-state index in [0.717, 1.165) is 17.8 Å². The lowest BCUT2D eigenvalue weighted by Crippen LogP contribution is -2.24. The van der Waals surface area contributed by atoms with Crippen LogP contribution in [0.1, 0.15) is 5.56 Å². The minimum atomic E-state index is -3.96. The monoisotopic (exact) mass is 349 g/mol. The maximum absolute atomic E-state index is 13.2. The summed E-state index contributed by atoms with van der Waals surface area (Å²) in [7, 11) is -3.96. The molecule has 2 aromatic carbocycles. The molecule has 0 unspecified atom stereocenters. The summed E-state index contributed by atoms with van der Waals surface area (Å²) in [5.41, 5.74) is 1.48. The van der Waals surface area contributed by atoms with Crippen LogP contribution < -0.4 is 4.72 Å². The van der Waals surface area contributed by atoms with Gasteiger partial charge in [0.15, 0.2) is 11.6 Å². The smallest absolute Gasteiger partial charge is 0.240 e. The number of benzene rings is 2. The largest absolute Gasteiger partial charge is 0.306 e. The first kappa shape index (κ1) is 16.3. The van der Waals surface area contributed by atoms with E-state index in [0.29, 0.717) is 11.6 Å². The number of nitrogens with zero attached hydrogens (tertiary/aromatic N) is 2. The molecule has 124 valence electrons. The number of imidazole rings is 1. The van der Waals surface area contributed by atoms with Crippen LogP contribution in [0.25, 0.3) is 5.69 Å². The van der Waals surface area contributed by atoms with Gasteiger partial charge in [-0.3, -0.25) is 0 Å². The van der Waals surface area contributed by atoms with Gasteiger partial charge in [-0.15, -0.1) is 0 Å². The first-order chi connectivity index (χ1) is 11.5. The predicted octanol–water partition coefficient (Wildman–Crippen LogP) is 2.63. The van der Waals surface area contributed by atoms with Crippen LogP contribution in [0.5, 0.6) is 0 Å². The van der Waals surface area contributed by atoms with E-state index in [-0.39, 0.29) is 11.4 Å². The minimum absolute atomic E-state index is 0.00428. The number of hydrogen-bond acceptors (Lipinski definition) is 3. The molecule has 0 radical (unpaired) electrons. The maximum Gasteiger partial charge on any atom is 0.240 e. The summed E-state index contributed by atoms with van der Waals surface area (Å²) in [6.07, 6.45) is 4.95. The Kier molecular flexibility index (Phi) is 4.41. The molecule has 0 fully saturated rings. The van der Waals surface area contributed by atoms with E-state index < -0.39 is 21.7 Å². The third-order valence-corrected chi connectivity index (χ3v) is 4.83. The lowest BCUT2D eigenvalue weighted by atomic mass is 10.2. The summed E-state index contributed by atoms with van der Waals surface area (Å²) >= 11 is 0. The Hall–Kier alpha value is -2.58. The molecule has 1 aromatic heterocycles. The highest BCUT2D eigenvalue weighted by Crippen LogP contribution is 2.17. The van der Waals surface area contributed by atoms with Crippen molar-refractivity contribution in [1.29, 1.82) is 0 Å². The van der Waals surface area contributed by atoms with Crippen molar-refractivity contribution in [2.75, 3.05) is 0 Å². The SMILES string of the molecule is O=S(=O)(NCc1ccccc1-n1ccnc1)c1ccc(F)c(F)c1. The Labute approximate surface area is 137 Å². The van der Waals surface area contributed by atoms with Crippen LogP contribution in [0.2, 0.25) is 0 Å². The van der Waals surface area contributed by atoms with Crippen molar-refractivity contribution in [2.45, 2.75) is 11.4 Å². The third kappa shape index (κ3) is 3.34. The van der Waals surface area contributed by atoms with E-state index >= 15 is 0 Å². The number of rotatable bonds is 5. The summed E-state index contributed by atoms with van der Waals surface area (Å²) in [6.45, 7) is -0.00428. The number of halogens is 2. The van der Waals surface area contributed by atoms with Gasteiger partial charge in [0, 0.05) is 18.9 Å². The molecule has 1 heterocycles. The van der Waals surface area contributed by atoms with Gasteiger partial charge in [-0.25, -0.2) is 26.9 Å². The maximum atomic E-state index is 13.2. The number of para-hydroxylation sites is 1. The Morgan fingerprint density at radius 3 is 2.58 bits per heavy atom. The Morgan fingerprint density at radius 1 is 1.08 bits per heavy atom. The van der Waals surface area contributed by atoms with Crippen LogP contribution >= 0.6 is 0 Å². The van der Waals surface area contributed by atoms with E-state index in [1.54, 1.807) is 35.4 Å². The molecule has 1 N–H and O–H groups in total. The summed E-state index contributed by atoms with van der Waals surface area (Å²) in [4.78, 5) is 3.63. The van der Waals surface area contributed by atoms with Crippen LogP contribution in [0, 0.1) is 11.6 Å². The average Bonchev–Trinajstić information content (AvgIpc) is 3.10. The second-order valence-corrected chi connectivity index (χ2v) is 6.77. The fourth-order valence-corrected chi connectivity index (χ4v) is 3.23. The summed E-state index contributed by atoms with van der Waals surface area (Å²) in [5, 5.41) is 0. The minimum Gasteiger partial charge on any atom is -0.306 e. The molecule has 0 aliphatic rings. The third-order valence-electron chi connectivity index (χ3n) is 3.43. The molecule has 0 saturated carbocycles. The predicted molar refractivity (Wildman–Crippen MR) is 83.9 cm³/mol. The van der Waals surface area contributed by atoms with Crippen LogP contribution in [-0.4, -0.2) is 18.0 Å². The molecule has 0 saturated heterocycles. The molecular weight excluding hydrogens is 336 g/mol. The Balaban J connectivity index is 1.84. The molecule has 3 rings (SSSR count). The lowest BCUT2D eigenvalue weighted by molar-refractivity contribution is 0.504. The first-order valence-corrected chi connectivity index (χ1v) is 8.46. The van der Waals surface area contributed by atoms with E-state index in [1.807, 2.05) is 12.1 Å². The van der Waals surface area contributed by atoms with Crippen molar-refractivity contribution in [3.63, 3.8) is 0 Å². The van der Waals surface area contributed by atoms with E-state index in [4.69, 9.17) is 0 Å². The average molecular weight is 349 g/mol. The molecule has 0 bridgehead atoms. The second kappa shape index (κ2) is 6.50. The van der Waals surface area contributed by atoms with Gasteiger partial charge < -0.3 is 4.57 Å². The quantitative estimate of drug-likeness (QED) is 0.770. The lowest BCUT2D eigenvalue weighted by Gasteiger charge is -2.12. The van der Waals surface area contributed by atoms with Crippen molar-refractivity contribution in [1.82, 2.24) is 14.3 Å². The Morgan fingerprint density at radius 2 is 1.88 bits per heavy atom. The molecule has 0 amide bonds. The van der Waals surface area contributed by atoms with Gasteiger partial charge in [0.05, 0.1) is 16.9 Å². The molecule has 0 aliphatic carbocycles. The first-order valence-electron chi connectivity index (χ1n) is 6.98. The van der Waals surface area contributed by atoms with Gasteiger partial charge in [0.2, 0.25) is 10.0 Å². The van der Waals surface area contributed by atoms with Crippen LogP contribution in [-0.2, 0) is 16.6 Å². The topological polar surface area (TPSA) is 64.0 Å². The zero-order valence-electron chi connectivity index (χ0n) is 12.4. The van der Waals surface area contributed by atoms with Crippen molar-refractivity contribution in [2.24, 2.45) is 0 Å². The molecule has 0 aliphatic heterocycles. The van der Waals surface area contributed by atoms with Crippen LogP contribution in [0.4, 0.5) is 8.78 Å². The number of hydrogen-bond donors (Lipinski definition) is 1. The Bertz CT molecular complexity index is 957. The van der Waals surface area contributed by atoms with Gasteiger partial charge in [-0.2, -0.15) is 0 Å². The van der Waals surface area contributed by atoms with Crippen LogP contribution in [0.15, 0.2) is 66.1 Å². The highest BCUT2D eigenvalue weighted by atomic mass is 32.2. The zero-order chi connectivity index (χ0) is 17.2. The van der Waals surface area contributed by atoms with Gasteiger partial charge >= 0.3 is 0 Å². The molecule has 0 spiro atoms. The number of aromatic nitrogens is 2. The van der Waals surface area contributed by atoms with Gasteiger partial charge in [0.25, 0.3) is 0 Å². The van der Waals surface area contributed by atoms with Gasteiger partial charge in [0.1, 0.15) is 0 Å². The van der Waals surface area contributed by atoms with E-state index in [2.05, 4.69) is 9.71 Å². The zero-order valence-corrected chi connectivity index (χ0v) is 13.2. The fraction of sp³-hybridized carbons (Fsp3) is 0.0625. The van der Waals surface area contributed by atoms with Crippen molar-refractivity contribution >= 4 is 10.0 Å². The molecule has 5 nitrogen and oxygen atoms in total. The van der Waals surface area contributed by atoms with Gasteiger partial charge in [-0.05, 0) is 29.8 Å². The molecule has 3 aromatic rings. The van der Waals surface area contributed by atoms with Crippen molar-refractivity contribution in [3.8, 4) is 5.69 Å². The molecular formula is C16H13F2N3O2S. The van der Waals surface area contributed by atoms with E-state index in [9.17, 15) is 17.2 Å². The highest BCUT2D eigenvalue weighted by molar-refractivity contribution is 7.89. The summed E-state index contributed by atoms with van der Waals surface area (Å²) < 4.78 is 54.8. The number of sulfonamides is 1. The molecule has 24 heavy (non-hydrogen) atoms. The highest BCUT2D eigenvalue weighted by Gasteiger charge is 2.17. The van der Waals surface area contributed by atoms with Crippen LogP contribution in [0.3, 0.4) is 0 Å². The summed E-state index contributed by atoms with van der Waals surface area (Å²) in [6, 6.07) is 9.64.